The van der Waals surface area contributed by atoms with E-state index in [1.165, 1.54) is 6.42 Å². The van der Waals surface area contributed by atoms with Crippen molar-refractivity contribution in [2.75, 3.05) is 6.61 Å². The summed E-state index contributed by atoms with van der Waals surface area (Å²) in [4.78, 5) is 0. The fourth-order valence-corrected chi connectivity index (χ4v) is 0.288. The van der Waals surface area contributed by atoms with Crippen molar-refractivity contribution in [3.63, 3.8) is 0 Å². The zero-order valence-electron chi connectivity index (χ0n) is 9.22. The number of hydrogen-bond donors (Lipinski definition) is 2. The Hall–Kier alpha value is -0.0800. The summed E-state index contributed by atoms with van der Waals surface area (Å²) in [5.74, 6) is 0.884. The minimum atomic E-state index is -0.200. The SMILES string of the molecule is CC(C)(N)CCO.CCC(C)C. The van der Waals surface area contributed by atoms with E-state index in [0.29, 0.717) is 6.42 Å². The molecule has 3 N–H and O–H groups in total. The second kappa shape index (κ2) is 7.56. The summed E-state index contributed by atoms with van der Waals surface area (Å²) in [6.45, 7) is 10.6. The van der Waals surface area contributed by atoms with Gasteiger partial charge in [0.15, 0.2) is 0 Å². The third-order valence-electron chi connectivity index (χ3n) is 1.57. The highest BCUT2D eigenvalue weighted by Crippen LogP contribution is 1.99. The first-order valence-corrected chi connectivity index (χ1v) is 4.73. The topological polar surface area (TPSA) is 46.2 Å². The summed E-state index contributed by atoms with van der Waals surface area (Å²) in [5.41, 5.74) is 5.29. The molecule has 0 atom stereocenters. The molecule has 0 spiro atoms. The zero-order chi connectivity index (χ0) is 10.2. The molecule has 0 aliphatic heterocycles. The van der Waals surface area contributed by atoms with E-state index in [-0.39, 0.29) is 12.1 Å². The lowest BCUT2D eigenvalue weighted by atomic mass is 10.0. The van der Waals surface area contributed by atoms with Crippen LogP contribution in [0.25, 0.3) is 0 Å². The highest BCUT2D eigenvalue weighted by atomic mass is 16.3. The molecule has 0 fully saturated rings. The first-order valence-electron chi connectivity index (χ1n) is 4.73. The Morgan fingerprint density at radius 1 is 1.33 bits per heavy atom. The van der Waals surface area contributed by atoms with Crippen LogP contribution in [-0.2, 0) is 0 Å². The molecule has 12 heavy (non-hydrogen) atoms. The van der Waals surface area contributed by atoms with Crippen LogP contribution in [0.5, 0.6) is 0 Å². The number of aliphatic hydroxyl groups is 1. The second-order valence-corrected chi connectivity index (χ2v) is 4.26. The minimum absolute atomic E-state index is 0.184. The smallest absolute Gasteiger partial charge is 0.0448 e. The van der Waals surface area contributed by atoms with Gasteiger partial charge >= 0.3 is 0 Å². The van der Waals surface area contributed by atoms with Gasteiger partial charge in [0.05, 0.1) is 0 Å². The zero-order valence-corrected chi connectivity index (χ0v) is 9.22. The van der Waals surface area contributed by atoms with E-state index in [1.54, 1.807) is 0 Å². The molecule has 0 aliphatic carbocycles. The van der Waals surface area contributed by atoms with Gasteiger partial charge in [-0.05, 0) is 26.2 Å². The van der Waals surface area contributed by atoms with E-state index in [2.05, 4.69) is 20.8 Å². The van der Waals surface area contributed by atoms with Crippen molar-refractivity contribution in [3.05, 3.63) is 0 Å². The van der Waals surface area contributed by atoms with Crippen LogP contribution in [0.2, 0.25) is 0 Å². The number of nitrogens with two attached hydrogens (primary N) is 1. The van der Waals surface area contributed by atoms with Crippen LogP contribution >= 0.6 is 0 Å². The predicted octanol–water partition coefficient (Wildman–Crippen LogP) is 2.16. The van der Waals surface area contributed by atoms with Gasteiger partial charge in [-0.25, -0.2) is 0 Å². The molecule has 0 aliphatic rings. The maximum Gasteiger partial charge on any atom is 0.0448 e. The summed E-state index contributed by atoms with van der Waals surface area (Å²) in [6.07, 6.45) is 1.98. The Balaban J connectivity index is 0. The highest BCUT2D eigenvalue weighted by molar-refractivity contribution is 4.69. The minimum Gasteiger partial charge on any atom is -0.396 e. The monoisotopic (exact) mass is 175 g/mol. The molecule has 0 amide bonds. The maximum atomic E-state index is 8.32. The molecule has 0 rings (SSSR count). The van der Waals surface area contributed by atoms with Crippen LogP contribution in [-0.4, -0.2) is 17.3 Å². The molecule has 2 heteroatoms. The molecule has 0 aromatic heterocycles. The number of aliphatic hydroxyl groups excluding tert-OH is 1. The maximum absolute atomic E-state index is 8.32. The van der Waals surface area contributed by atoms with Gasteiger partial charge in [-0.15, -0.1) is 0 Å². The van der Waals surface area contributed by atoms with Crippen LogP contribution in [0.15, 0.2) is 0 Å². The van der Waals surface area contributed by atoms with Crippen molar-refractivity contribution in [2.45, 2.75) is 53.0 Å². The standard InChI is InChI=1S/C5H13NO.C5H12/c1-5(2,6)3-4-7;1-4-5(2)3/h7H,3-4,6H2,1-2H3;5H,4H2,1-3H3. The van der Waals surface area contributed by atoms with Crippen molar-refractivity contribution in [2.24, 2.45) is 11.7 Å². The third kappa shape index (κ3) is 22.5. The van der Waals surface area contributed by atoms with Crippen molar-refractivity contribution < 1.29 is 5.11 Å². The van der Waals surface area contributed by atoms with Crippen LogP contribution in [0.4, 0.5) is 0 Å². The van der Waals surface area contributed by atoms with Gasteiger partial charge < -0.3 is 10.8 Å². The summed E-state index contributed by atoms with van der Waals surface area (Å²) in [7, 11) is 0. The summed E-state index contributed by atoms with van der Waals surface area (Å²) in [6, 6.07) is 0. The molecular formula is C10H25NO. The lowest BCUT2D eigenvalue weighted by Crippen LogP contribution is -2.32. The normalized spacial score (nSPS) is 11.0. The molecule has 0 saturated heterocycles. The van der Waals surface area contributed by atoms with Gasteiger partial charge in [0.1, 0.15) is 0 Å². The Bertz CT molecular complexity index is 84.3. The molecule has 0 heterocycles. The Morgan fingerprint density at radius 2 is 1.67 bits per heavy atom. The van der Waals surface area contributed by atoms with E-state index in [4.69, 9.17) is 10.8 Å². The van der Waals surface area contributed by atoms with Crippen LogP contribution < -0.4 is 5.73 Å². The average molecular weight is 175 g/mol. The Kier molecular flexibility index (Phi) is 9.10. The van der Waals surface area contributed by atoms with E-state index >= 15 is 0 Å². The first-order chi connectivity index (χ1) is 5.33. The second-order valence-electron chi connectivity index (χ2n) is 4.26. The van der Waals surface area contributed by atoms with Gasteiger partial charge in [-0.3, -0.25) is 0 Å². The molecule has 0 aromatic carbocycles. The van der Waals surface area contributed by atoms with Crippen molar-refractivity contribution in [1.29, 1.82) is 0 Å². The molecule has 0 saturated carbocycles. The van der Waals surface area contributed by atoms with Gasteiger partial charge in [-0.2, -0.15) is 0 Å². The van der Waals surface area contributed by atoms with Crippen molar-refractivity contribution in [1.82, 2.24) is 0 Å². The molecule has 2 nitrogen and oxygen atoms in total. The van der Waals surface area contributed by atoms with Crippen molar-refractivity contribution in [3.8, 4) is 0 Å². The highest BCUT2D eigenvalue weighted by Gasteiger charge is 2.07. The predicted molar refractivity (Wildman–Crippen MR) is 55.1 cm³/mol. The number of hydrogen-bond acceptors (Lipinski definition) is 2. The van der Waals surface area contributed by atoms with E-state index in [9.17, 15) is 0 Å². The van der Waals surface area contributed by atoms with Crippen LogP contribution in [0, 0.1) is 5.92 Å². The summed E-state index contributed by atoms with van der Waals surface area (Å²) in [5, 5.41) is 8.32. The summed E-state index contributed by atoms with van der Waals surface area (Å²) >= 11 is 0. The van der Waals surface area contributed by atoms with Crippen LogP contribution in [0.3, 0.4) is 0 Å². The fourth-order valence-electron chi connectivity index (χ4n) is 0.288. The Labute approximate surface area is 77.2 Å². The third-order valence-corrected chi connectivity index (χ3v) is 1.57. The molecule has 0 aromatic rings. The molecule has 76 valence electrons. The van der Waals surface area contributed by atoms with Gasteiger partial charge in [0.25, 0.3) is 0 Å². The Morgan fingerprint density at radius 3 is 1.67 bits per heavy atom. The van der Waals surface area contributed by atoms with Gasteiger partial charge in [0.2, 0.25) is 0 Å². The van der Waals surface area contributed by atoms with E-state index in [1.807, 2.05) is 13.8 Å². The summed E-state index contributed by atoms with van der Waals surface area (Å²) < 4.78 is 0. The van der Waals surface area contributed by atoms with Gasteiger partial charge in [-0.1, -0.05) is 27.2 Å². The van der Waals surface area contributed by atoms with E-state index in [0.717, 1.165) is 5.92 Å². The average Bonchev–Trinajstić information content (AvgIpc) is 1.86. The lowest BCUT2D eigenvalue weighted by Gasteiger charge is -2.15. The molecule has 0 bridgehead atoms. The quantitative estimate of drug-likeness (QED) is 0.690. The largest absolute Gasteiger partial charge is 0.396 e. The lowest BCUT2D eigenvalue weighted by molar-refractivity contribution is 0.254. The van der Waals surface area contributed by atoms with Crippen molar-refractivity contribution >= 4 is 0 Å². The fraction of sp³-hybridized carbons (Fsp3) is 1.00. The number of rotatable bonds is 3. The van der Waals surface area contributed by atoms with Crippen LogP contribution in [0.1, 0.15) is 47.5 Å². The van der Waals surface area contributed by atoms with Gasteiger partial charge in [0, 0.05) is 12.1 Å². The molecule has 0 radical (unpaired) electrons. The molecule has 0 unspecified atom stereocenters. The van der Waals surface area contributed by atoms with E-state index < -0.39 is 0 Å². The first kappa shape index (κ1) is 14.4. The molecular weight excluding hydrogens is 150 g/mol.